The lowest BCUT2D eigenvalue weighted by Gasteiger charge is -2.24. The Balaban J connectivity index is 1.80. The topological polar surface area (TPSA) is 73.1 Å². The number of halogens is 1. The Labute approximate surface area is 135 Å². The molecule has 0 radical (unpaired) electrons. The van der Waals surface area contributed by atoms with Crippen LogP contribution in [0.2, 0.25) is 0 Å². The van der Waals surface area contributed by atoms with Crippen molar-refractivity contribution >= 4 is 34.5 Å². The smallest absolute Gasteiger partial charge is 0.321 e. The lowest BCUT2D eigenvalue weighted by Crippen LogP contribution is -2.42. The molecule has 3 atom stereocenters. The molecular weight excluding hydrogens is 327 g/mol. The van der Waals surface area contributed by atoms with Gasteiger partial charge >= 0.3 is 5.97 Å². The SMILES string of the molecule is CN1[C@@H](C(=O)O)CS[C@@H]1C1CSC(c2cccc(F)c2O)=N1. The zero-order chi connectivity index (χ0) is 15.9. The van der Waals surface area contributed by atoms with E-state index in [1.807, 2.05) is 4.90 Å². The van der Waals surface area contributed by atoms with Crippen LogP contribution in [0.1, 0.15) is 5.56 Å². The third kappa shape index (κ3) is 2.70. The Bertz CT molecular complexity index is 641. The maximum absolute atomic E-state index is 13.4. The van der Waals surface area contributed by atoms with Crippen molar-refractivity contribution in [1.29, 1.82) is 0 Å². The average Bonchev–Trinajstić information content (AvgIpc) is 3.08. The summed E-state index contributed by atoms with van der Waals surface area (Å²) in [6, 6.07) is 3.81. The van der Waals surface area contributed by atoms with Gasteiger partial charge in [-0.2, -0.15) is 0 Å². The third-order valence-electron chi connectivity index (χ3n) is 3.82. The normalized spacial score (nSPS) is 28.8. The first-order valence-electron chi connectivity index (χ1n) is 6.74. The number of aliphatic imine (C=N–C) groups is 1. The molecule has 0 saturated carbocycles. The maximum Gasteiger partial charge on any atom is 0.321 e. The van der Waals surface area contributed by atoms with Gasteiger partial charge in [-0.25, -0.2) is 4.39 Å². The molecule has 1 fully saturated rings. The maximum atomic E-state index is 13.4. The van der Waals surface area contributed by atoms with E-state index in [4.69, 9.17) is 0 Å². The van der Waals surface area contributed by atoms with Gasteiger partial charge in [0, 0.05) is 11.5 Å². The summed E-state index contributed by atoms with van der Waals surface area (Å²) < 4.78 is 13.4. The fourth-order valence-electron chi connectivity index (χ4n) is 2.60. The Kier molecular flexibility index (Phi) is 4.33. The molecule has 0 aromatic heterocycles. The summed E-state index contributed by atoms with van der Waals surface area (Å²) in [6.07, 6.45) is 0. The molecule has 0 spiro atoms. The van der Waals surface area contributed by atoms with Crippen molar-refractivity contribution in [2.75, 3.05) is 18.6 Å². The lowest BCUT2D eigenvalue weighted by atomic mass is 10.2. The number of phenols is 1. The molecule has 2 heterocycles. The standard InChI is InChI=1S/C14H15FN2O3S2/c1-17-10(14(19)20)6-22-13(17)9-5-21-12(16-9)7-3-2-4-8(15)11(7)18/h2-4,9-10,13,18H,5-6H2,1H3,(H,19,20)/t9?,10-,13-/m1/s1. The van der Waals surface area contributed by atoms with Crippen molar-refractivity contribution < 1.29 is 19.4 Å². The predicted octanol–water partition coefficient (Wildman–Crippen LogP) is 1.85. The van der Waals surface area contributed by atoms with Gasteiger partial charge in [0.2, 0.25) is 0 Å². The van der Waals surface area contributed by atoms with E-state index < -0.39 is 17.8 Å². The summed E-state index contributed by atoms with van der Waals surface area (Å²) in [6.45, 7) is 0. The molecule has 1 unspecified atom stereocenters. The lowest BCUT2D eigenvalue weighted by molar-refractivity contribution is -0.141. The first-order valence-corrected chi connectivity index (χ1v) is 8.77. The zero-order valence-electron chi connectivity index (χ0n) is 11.8. The molecule has 5 nitrogen and oxygen atoms in total. The van der Waals surface area contributed by atoms with Crippen LogP contribution in [0.15, 0.2) is 23.2 Å². The minimum absolute atomic E-state index is 0.0122. The van der Waals surface area contributed by atoms with Crippen molar-refractivity contribution in [2.24, 2.45) is 4.99 Å². The second-order valence-corrected chi connectivity index (χ2v) is 7.35. The second-order valence-electron chi connectivity index (χ2n) is 5.19. The molecule has 0 aliphatic carbocycles. The van der Waals surface area contributed by atoms with Gasteiger partial charge in [-0.1, -0.05) is 6.07 Å². The van der Waals surface area contributed by atoms with Gasteiger partial charge in [0.1, 0.15) is 11.1 Å². The minimum atomic E-state index is -0.824. The number of carbonyl (C=O) groups is 1. The van der Waals surface area contributed by atoms with Crippen LogP contribution < -0.4 is 0 Å². The summed E-state index contributed by atoms with van der Waals surface area (Å²) in [5, 5.41) is 19.6. The molecule has 3 rings (SSSR count). The van der Waals surface area contributed by atoms with Crippen LogP contribution in [-0.2, 0) is 4.79 Å². The van der Waals surface area contributed by atoms with E-state index in [1.165, 1.54) is 23.9 Å². The van der Waals surface area contributed by atoms with E-state index in [2.05, 4.69) is 4.99 Å². The molecule has 2 aliphatic rings. The van der Waals surface area contributed by atoms with Gasteiger partial charge in [-0.3, -0.25) is 14.7 Å². The number of para-hydroxylation sites is 1. The van der Waals surface area contributed by atoms with Crippen LogP contribution in [0.4, 0.5) is 4.39 Å². The number of carboxylic acids is 1. The number of nitrogens with zero attached hydrogens (tertiary/aromatic N) is 2. The molecular formula is C14H15FN2O3S2. The molecule has 1 aromatic carbocycles. The van der Waals surface area contributed by atoms with Crippen molar-refractivity contribution in [3.63, 3.8) is 0 Å². The summed E-state index contributed by atoms with van der Waals surface area (Å²) >= 11 is 3.04. The monoisotopic (exact) mass is 342 g/mol. The second kappa shape index (κ2) is 6.10. The quantitative estimate of drug-likeness (QED) is 0.873. The van der Waals surface area contributed by atoms with Gasteiger partial charge in [0.15, 0.2) is 11.6 Å². The average molecular weight is 342 g/mol. The fourth-order valence-corrected chi connectivity index (χ4v) is 5.36. The van der Waals surface area contributed by atoms with E-state index in [-0.39, 0.29) is 17.2 Å². The largest absolute Gasteiger partial charge is 0.504 e. The zero-order valence-corrected chi connectivity index (χ0v) is 13.4. The van der Waals surface area contributed by atoms with Crippen LogP contribution >= 0.6 is 23.5 Å². The third-order valence-corrected chi connectivity index (χ3v) is 6.43. The van der Waals surface area contributed by atoms with Gasteiger partial charge in [0.05, 0.1) is 17.0 Å². The Morgan fingerprint density at radius 3 is 2.91 bits per heavy atom. The molecule has 0 bridgehead atoms. The van der Waals surface area contributed by atoms with Crippen LogP contribution in [0, 0.1) is 5.82 Å². The molecule has 118 valence electrons. The molecule has 2 aliphatic heterocycles. The Morgan fingerprint density at radius 2 is 2.23 bits per heavy atom. The van der Waals surface area contributed by atoms with Crippen LogP contribution in [0.25, 0.3) is 0 Å². The molecule has 22 heavy (non-hydrogen) atoms. The Morgan fingerprint density at radius 1 is 1.45 bits per heavy atom. The highest BCUT2D eigenvalue weighted by Crippen LogP contribution is 2.37. The highest BCUT2D eigenvalue weighted by molar-refractivity contribution is 8.14. The van der Waals surface area contributed by atoms with Gasteiger partial charge in [0.25, 0.3) is 0 Å². The number of phenolic OH excluding ortho intramolecular Hbond substituents is 1. The highest BCUT2D eigenvalue weighted by Gasteiger charge is 2.41. The molecule has 0 amide bonds. The first-order chi connectivity index (χ1) is 10.5. The van der Waals surface area contributed by atoms with Crippen molar-refractivity contribution in [2.45, 2.75) is 17.5 Å². The highest BCUT2D eigenvalue weighted by atomic mass is 32.2. The number of likely N-dealkylation sites (N-methyl/N-ethyl adjacent to an activating group) is 1. The van der Waals surface area contributed by atoms with Crippen molar-refractivity contribution in [1.82, 2.24) is 4.90 Å². The van der Waals surface area contributed by atoms with Gasteiger partial charge < -0.3 is 10.2 Å². The number of carboxylic acid groups (broad SMARTS) is 1. The number of aromatic hydroxyl groups is 1. The summed E-state index contributed by atoms with van der Waals surface area (Å²) in [5.74, 6) is -0.643. The summed E-state index contributed by atoms with van der Waals surface area (Å²) in [5.41, 5.74) is 0.396. The Hall–Kier alpha value is -1.25. The summed E-state index contributed by atoms with van der Waals surface area (Å²) in [7, 11) is 1.79. The molecule has 8 heteroatoms. The first kappa shape index (κ1) is 15.6. The van der Waals surface area contributed by atoms with Gasteiger partial charge in [-0.05, 0) is 19.2 Å². The number of hydrogen-bond donors (Lipinski definition) is 2. The number of aliphatic carboxylic acids is 1. The van der Waals surface area contributed by atoms with Crippen LogP contribution in [0.5, 0.6) is 5.75 Å². The number of thioether (sulfide) groups is 2. The van der Waals surface area contributed by atoms with Crippen LogP contribution in [-0.4, -0.2) is 62.1 Å². The van der Waals surface area contributed by atoms with E-state index in [1.54, 1.807) is 24.9 Å². The van der Waals surface area contributed by atoms with E-state index in [0.29, 0.717) is 22.1 Å². The van der Waals surface area contributed by atoms with Crippen molar-refractivity contribution in [3.8, 4) is 5.75 Å². The van der Waals surface area contributed by atoms with Gasteiger partial charge in [-0.15, -0.1) is 23.5 Å². The van der Waals surface area contributed by atoms with E-state index >= 15 is 0 Å². The summed E-state index contributed by atoms with van der Waals surface area (Å²) in [4.78, 5) is 17.6. The van der Waals surface area contributed by atoms with E-state index in [0.717, 1.165) is 0 Å². The molecule has 2 N–H and O–H groups in total. The number of rotatable bonds is 3. The number of hydrogen-bond acceptors (Lipinski definition) is 6. The van der Waals surface area contributed by atoms with Crippen molar-refractivity contribution in [3.05, 3.63) is 29.6 Å². The minimum Gasteiger partial charge on any atom is -0.504 e. The van der Waals surface area contributed by atoms with Crippen LogP contribution in [0.3, 0.4) is 0 Å². The van der Waals surface area contributed by atoms with E-state index in [9.17, 15) is 19.4 Å². The molecule has 1 aromatic rings. The number of benzene rings is 1. The predicted molar refractivity (Wildman–Crippen MR) is 86.3 cm³/mol. The molecule has 1 saturated heterocycles. The fraction of sp³-hybridized carbons (Fsp3) is 0.429.